The Morgan fingerprint density at radius 1 is 0.846 bits per heavy atom. The Kier molecular flexibility index (Phi) is 3.05. The average Bonchev–Trinajstić information content (AvgIpc) is 3.22. The standard InChI is InChI=1S/C22H16N2O2/c25-21-17-11-5-7-13-20(17)24(26)22(21,15-8-2-1-3-9-15)18-14-23-19-12-6-4-10-16(18)19/h1-14,23,26H/t22-/m0/s1. The van der Waals surface area contributed by atoms with Crippen LogP contribution in [0.5, 0.6) is 0 Å². The van der Waals surface area contributed by atoms with Gasteiger partial charge in [-0.3, -0.25) is 10.0 Å². The lowest BCUT2D eigenvalue weighted by atomic mass is 9.79. The van der Waals surface area contributed by atoms with E-state index >= 15 is 0 Å². The summed E-state index contributed by atoms with van der Waals surface area (Å²) in [7, 11) is 0. The highest BCUT2D eigenvalue weighted by Crippen LogP contribution is 2.49. The van der Waals surface area contributed by atoms with Crippen LogP contribution in [-0.4, -0.2) is 16.0 Å². The molecule has 1 aliphatic heterocycles. The number of anilines is 1. The van der Waals surface area contributed by atoms with Gasteiger partial charge in [0.1, 0.15) is 0 Å². The molecule has 2 N–H and O–H groups in total. The van der Waals surface area contributed by atoms with Crippen LogP contribution in [-0.2, 0) is 5.54 Å². The maximum Gasteiger partial charge on any atom is 0.202 e. The topological polar surface area (TPSA) is 56.3 Å². The minimum absolute atomic E-state index is 0.133. The lowest BCUT2D eigenvalue weighted by Gasteiger charge is -2.34. The second-order valence-corrected chi connectivity index (χ2v) is 6.48. The van der Waals surface area contributed by atoms with Crippen molar-refractivity contribution in [1.82, 2.24) is 4.98 Å². The van der Waals surface area contributed by atoms with Crippen molar-refractivity contribution in [3.8, 4) is 0 Å². The van der Waals surface area contributed by atoms with E-state index in [2.05, 4.69) is 4.98 Å². The highest BCUT2D eigenvalue weighted by atomic mass is 16.5. The lowest BCUT2D eigenvalue weighted by molar-refractivity contribution is 0.0846. The molecule has 0 saturated heterocycles. The number of Topliss-reactive ketones (excluding diaryl/α,β-unsaturated/α-hetero) is 1. The van der Waals surface area contributed by atoms with Crippen molar-refractivity contribution in [2.75, 3.05) is 5.06 Å². The fourth-order valence-electron chi connectivity index (χ4n) is 4.02. The number of carbonyl (C=O) groups is 1. The van der Waals surface area contributed by atoms with E-state index in [0.717, 1.165) is 27.1 Å². The lowest BCUT2D eigenvalue weighted by Crippen LogP contribution is -2.47. The molecule has 0 unspecified atom stereocenters. The van der Waals surface area contributed by atoms with Crippen molar-refractivity contribution in [2.45, 2.75) is 5.54 Å². The van der Waals surface area contributed by atoms with Gasteiger partial charge < -0.3 is 4.98 Å². The van der Waals surface area contributed by atoms with Crippen LogP contribution in [0.2, 0.25) is 0 Å². The minimum Gasteiger partial charge on any atom is -0.361 e. The Balaban J connectivity index is 1.89. The number of aromatic amines is 1. The molecule has 1 aromatic heterocycles. The molecule has 26 heavy (non-hydrogen) atoms. The van der Waals surface area contributed by atoms with E-state index in [1.807, 2.05) is 72.9 Å². The Bertz CT molecular complexity index is 1130. The van der Waals surface area contributed by atoms with Crippen LogP contribution in [0.25, 0.3) is 10.9 Å². The second-order valence-electron chi connectivity index (χ2n) is 6.48. The number of ketones is 1. The number of nitrogens with one attached hydrogen (secondary N) is 1. The number of hydrogen-bond acceptors (Lipinski definition) is 3. The average molecular weight is 340 g/mol. The fraction of sp³-hybridized carbons (Fsp3) is 0.0455. The highest BCUT2D eigenvalue weighted by Gasteiger charge is 2.55. The van der Waals surface area contributed by atoms with Crippen molar-refractivity contribution in [3.05, 3.63) is 102 Å². The summed E-state index contributed by atoms with van der Waals surface area (Å²) in [6.45, 7) is 0. The van der Waals surface area contributed by atoms with E-state index < -0.39 is 5.54 Å². The van der Waals surface area contributed by atoms with Crippen molar-refractivity contribution in [3.63, 3.8) is 0 Å². The zero-order valence-electron chi connectivity index (χ0n) is 13.9. The predicted octanol–water partition coefficient (Wildman–Crippen LogP) is 4.50. The maximum absolute atomic E-state index is 13.7. The molecule has 0 radical (unpaired) electrons. The Labute approximate surface area is 150 Å². The molecule has 1 aliphatic rings. The number of nitrogens with zero attached hydrogens (tertiary/aromatic N) is 1. The summed E-state index contributed by atoms with van der Waals surface area (Å²) in [4.78, 5) is 16.9. The molecular formula is C22H16N2O2. The molecular weight excluding hydrogens is 324 g/mol. The molecule has 4 nitrogen and oxygen atoms in total. The van der Waals surface area contributed by atoms with E-state index in [-0.39, 0.29) is 5.78 Å². The molecule has 0 saturated carbocycles. The van der Waals surface area contributed by atoms with Gasteiger partial charge in [-0.05, 0) is 23.8 Å². The summed E-state index contributed by atoms with van der Waals surface area (Å²) in [5.41, 5.74) is 2.12. The van der Waals surface area contributed by atoms with Crippen molar-refractivity contribution < 1.29 is 10.0 Å². The van der Waals surface area contributed by atoms with Gasteiger partial charge in [-0.25, -0.2) is 5.06 Å². The summed E-state index contributed by atoms with van der Waals surface area (Å²) >= 11 is 0. The highest BCUT2D eigenvalue weighted by molar-refractivity contribution is 6.17. The second kappa shape index (κ2) is 5.31. The SMILES string of the molecule is O=C1c2ccccc2N(O)[C@@]1(c1ccccc1)c1c[nH]c2ccccc12. The molecule has 0 bridgehead atoms. The van der Waals surface area contributed by atoms with E-state index in [9.17, 15) is 10.0 Å². The molecule has 0 fully saturated rings. The summed E-state index contributed by atoms with van der Waals surface area (Å²) in [5.74, 6) is -0.133. The van der Waals surface area contributed by atoms with Gasteiger partial charge in [-0.1, -0.05) is 60.7 Å². The number of hydrogen-bond donors (Lipinski definition) is 2. The number of H-pyrrole nitrogens is 1. The van der Waals surface area contributed by atoms with Gasteiger partial charge >= 0.3 is 0 Å². The number of hydroxylamine groups is 1. The summed E-state index contributed by atoms with van der Waals surface area (Å²) in [6, 6.07) is 24.4. The molecule has 3 aromatic carbocycles. The number of fused-ring (bicyclic) bond motifs is 2. The molecule has 4 aromatic rings. The molecule has 2 heterocycles. The van der Waals surface area contributed by atoms with Crippen molar-refractivity contribution in [1.29, 1.82) is 0 Å². The van der Waals surface area contributed by atoms with Crippen LogP contribution in [0.4, 0.5) is 5.69 Å². The zero-order valence-corrected chi connectivity index (χ0v) is 13.9. The van der Waals surface area contributed by atoms with Crippen LogP contribution >= 0.6 is 0 Å². The number of benzene rings is 3. The van der Waals surface area contributed by atoms with E-state index in [0.29, 0.717) is 11.3 Å². The largest absolute Gasteiger partial charge is 0.361 e. The smallest absolute Gasteiger partial charge is 0.202 e. The molecule has 126 valence electrons. The van der Waals surface area contributed by atoms with Gasteiger partial charge in [0.15, 0.2) is 5.54 Å². The predicted molar refractivity (Wildman–Crippen MR) is 101 cm³/mol. The number of carbonyl (C=O) groups excluding carboxylic acids is 1. The number of aromatic nitrogens is 1. The van der Waals surface area contributed by atoms with Crippen LogP contribution in [0, 0.1) is 0 Å². The van der Waals surface area contributed by atoms with Gasteiger partial charge in [0.25, 0.3) is 0 Å². The van der Waals surface area contributed by atoms with Gasteiger partial charge in [0.05, 0.1) is 5.69 Å². The van der Waals surface area contributed by atoms with Crippen LogP contribution in [0.3, 0.4) is 0 Å². The molecule has 1 atom stereocenters. The van der Waals surface area contributed by atoms with E-state index in [1.54, 1.807) is 12.1 Å². The Morgan fingerprint density at radius 2 is 1.54 bits per heavy atom. The van der Waals surface area contributed by atoms with Crippen molar-refractivity contribution >= 4 is 22.4 Å². The normalized spacial score (nSPS) is 19.1. The first-order valence-corrected chi connectivity index (χ1v) is 8.49. The summed E-state index contributed by atoms with van der Waals surface area (Å²) in [6.07, 6.45) is 1.82. The fourth-order valence-corrected chi connectivity index (χ4v) is 4.02. The third kappa shape index (κ3) is 1.74. The minimum atomic E-state index is -1.31. The summed E-state index contributed by atoms with van der Waals surface area (Å²) < 4.78 is 0. The Morgan fingerprint density at radius 3 is 2.35 bits per heavy atom. The third-order valence-corrected chi connectivity index (χ3v) is 5.19. The maximum atomic E-state index is 13.7. The van der Waals surface area contributed by atoms with Crippen molar-refractivity contribution in [2.24, 2.45) is 0 Å². The molecule has 0 spiro atoms. The van der Waals surface area contributed by atoms with Gasteiger partial charge in [0.2, 0.25) is 5.78 Å². The number of rotatable bonds is 2. The van der Waals surface area contributed by atoms with E-state index in [4.69, 9.17) is 0 Å². The first-order valence-electron chi connectivity index (χ1n) is 8.49. The van der Waals surface area contributed by atoms with E-state index in [1.165, 1.54) is 0 Å². The van der Waals surface area contributed by atoms with Gasteiger partial charge in [-0.2, -0.15) is 0 Å². The molecule has 4 heteroatoms. The summed E-state index contributed by atoms with van der Waals surface area (Å²) in [5, 5.41) is 13.3. The van der Waals surface area contributed by atoms with Crippen LogP contribution in [0.15, 0.2) is 85.1 Å². The quantitative estimate of drug-likeness (QED) is 0.565. The van der Waals surface area contributed by atoms with Crippen LogP contribution < -0.4 is 5.06 Å². The molecule has 0 aliphatic carbocycles. The number of para-hydroxylation sites is 2. The van der Waals surface area contributed by atoms with Gasteiger partial charge in [0, 0.05) is 28.2 Å². The van der Waals surface area contributed by atoms with Crippen LogP contribution in [0.1, 0.15) is 21.5 Å². The Hall–Kier alpha value is -3.37. The zero-order chi connectivity index (χ0) is 17.7. The third-order valence-electron chi connectivity index (χ3n) is 5.19. The monoisotopic (exact) mass is 340 g/mol. The first kappa shape index (κ1) is 14.9. The molecule has 0 amide bonds. The molecule has 5 rings (SSSR count). The first-order chi connectivity index (χ1) is 12.7. The van der Waals surface area contributed by atoms with Gasteiger partial charge in [-0.15, -0.1) is 0 Å².